The minimum Gasteiger partial charge on any atom is -0.309 e. The van der Waals surface area contributed by atoms with Crippen LogP contribution in [0.25, 0.3) is 98.9 Å². The van der Waals surface area contributed by atoms with E-state index in [1.807, 2.05) is 0 Å². The first kappa shape index (κ1) is 33.8. The van der Waals surface area contributed by atoms with E-state index in [1.54, 1.807) is 0 Å². The summed E-state index contributed by atoms with van der Waals surface area (Å²) in [7, 11) is 0. The van der Waals surface area contributed by atoms with Crippen molar-refractivity contribution in [3.63, 3.8) is 0 Å². The first-order valence-corrected chi connectivity index (χ1v) is 20.9. The van der Waals surface area contributed by atoms with E-state index in [4.69, 9.17) is 9.98 Å². The van der Waals surface area contributed by atoms with Crippen molar-refractivity contribution >= 4 is 76.6 Å². The second-order valence-electron chi connectivity index (χ2n) is 16.2. The molecular weight excluding hydrogens is 741 g/mol. The van der Waals surface area contributed by atoms with E-state index < -0.39 is 0 Å². The lowest BCUT2D eigenvalue weighted by atomic mass is 9.91. The van der Waals surface area contributed by atoms with Crippen LogP contribution in [0.4, 0.5) is 5.69 Å². The van der Waals surface area contributed by atoms with E-state index in [-0.39, 0.29) is 0 Å². The molecule has 4 heteroatoms. The zero-order chi connectivity index (χ0) is 40.0. The van der Waals surface area contributed by atoms with Gasteiger partial charge in [0.2, 0.25) is 0 Å². The maximum absolute atomic E-state index is 5.60. The zero-order valence-electron chi connectivity index (χ0n) is 33.1. The standard InChI is InChI=1S/C57H36N4/c1-4-18-43-36(15-1)29-37-16-2-5-19-44(37)57(43)40-33-50(59-52(34-40)51-32-38-17-3-10-24-49(38)58-51)39-30-41(60-53-25-11-6-20-45(53)46-21-7-12-26-54(46)60)35-42(31-39)61-55-27-13-8-22-47(55)48-23-9-14-28-56(48)61/h1-31,33-35H,32H2. The highest BCUT2D eigenvalue weighted by Crippen LogP contribution is 2.41. The van der Waals surface area contributed by atoms with Crippen LogP contribution in [0, 0.1) is 0 Å². The number of aliphatic imine (C=N–C) groups is 1. The number of nitrogens with zero attached hydrogens (tertiary/aromatic N) is 4. The van der Waals surface area contributed by atoms with E-state index in [2.05, 4.69) is 215 Å². The molecule has 1 aliphatic rings. The molecule has 0 N–H and O–H groups in total. The Morgan fingerprint density at radius 2 is 0.803 bits per heavy atom. The molecule has 13 rings (SSSR count). The molecule has 0 fully saturated rings. The van der Waals surface area contributed by atoms with Crippen LogP contribution in [-0.2, 0) is 6.42 Å². The maximum atomic E-state index is 5.60. The fourth-order valence-electron chi connectivity index (χ4n) is 9.98. The van der Waals surface area contributed by atoms with E-state index in [0.29, 0.717) is 0 Å². The van der Waals surface area contributed by atoms with Gasteiger partial charge in [-0.3, -0.25) is 4.99 Å². The molecule has 1 aliphatic heterocycles. The molecule has 4 nitrogen and oxygen atoms in total. The number of para-hydroxylation sites is 5. The van der Waals surface area contributed by atoms with Gasteiger partial charge in [0.05, 0.1) is 44.9 Å². The monoisotopic (exact) mass is 776 g/mol. The average Bonchev–Trinajstić information content (AvgIpc) is 4.01. The largest absolute Gasteiger partial charge is 0.309 e. The predicted octanol–water partition coefficient (Wildman–Crippen LogP) is 14.6. The summed E-state index contributed by atoms with van der Waals surface area (Å²) in [6, 6.07) is 74.9. The Morgan fingerprint density at radius 1 is 0.361 bits per heavy atom. The first-order valence-electron chi connectivity index (χ1n) is 20.9. The number of aromatic nitrogens is 3. The normalized spacial score (nSPS) is 12.6. The quantitative estimate of drug-likeness (QED) is 0.160. The van der Waals surface area contributed by atoms with Crippen molar-refractivity contribution in [1.82, 2.24) is 14.1 Å². The summed E-state index contributed by atoms with van der Waals surface area (Å²) in [5.41, 5.74) is 15.2. The highest BCUT2D eigenvalue weighted by molar-refractivity contribution is 6.15. The summed E-state index contributed by atoms with van der Waals surface area (Å²) in [6.07, 6.45) is 0.732. The molecule has 0 saturated heterocycles. The third-order valence-corrected chi connectivity index (χ3v) is 12.7. The van der Waals surface area contributed by atoms with Crippen LogP contribution in [0.2, 0.25) is 0 Å². The molecule has 0 bridgehead atoms. The predicted molar refractivity (Wildman–Crippen MR) is 255 cm³/mol. The van der Waals surface area contributed by atoms with Gasteiger partial charge in [-0.25, -0.2) is 4.98 Å². The molecule has 0 spiro atoms. The van der Waals surface area contributed by atoms with Crippen LogP contribution < -0.4 is 0 Å². The lowest BCUT2D eigenvalue weighted by Crippen LogP contribution is -2.06. The Balaban J connectivity index is 1.14. The fourth-order valence-corrected chi connectivity index (χ4v) is 9.98. The molecule has 12 aromatic rings. The summed E-state index contributed by atoms with van der Waals surface area (Å²) < 4.78 is 4.85. The molecule has 0 atom stereocenters. The number of hydrogen-bond acceptors (Lipinski definition) is 2. The van der Waals surface area contributed by atoms with E-state index in [0.717, 1.165) is 73.8 Å². The molecule has 61 heavy (non-hydrogen) atoms. The number of rotatable bonds is 5. The van der Waals surface area contributed by atoms with Crippen molar-refractivity contribution in [2.24, 2.45) is 4.99 Å². The molecule has 0 radical (unpaired) electrons. The summed E-state index contributed by atoms with van der Waals surface area (Å²) in [6.45, 7) is 0. The van der Waals surface area contributed by atoms with Crippen LogP contribution >= 0.6 is 0 Å². The van der Waals surface area contributed by atoms with Crippen LogP contribution in [0.5, 0.6) is 0 Å². The number of benzene rings is 9. The topological polar surface area (TPSA) is 35.1 Å². The Bertz CT molecular complexity index is 3510. The van der Waals surface area contributed by atoms with Crippen molar-refractivity contribution in [2.45, 2.75) is 6.42 Å². The highest BCUT2D eigenvalue weighted by atomic mass is 15.0. The third-order valence-electron chi connectivity index (χ3n) is 12.7. The van der Waals surface area contributed by atoms with Crippen molar-refractivity contribution in [2.75, 3.05) is 0 Å². The second kappa shape index (κ2) is 13.2. The molecule has 284 valence electrons. The second-order valence-corrected chi connectivity index (χ2v) is 16.2. The van der Waals surface area contributed by atoms with Gasteiger partial charge >= 0.3 is 0 Å². The summed E-state index contributed by atoms with van der Waals surface area (Å²) in [4.78, 5) is 10.8. The molecular formula is C57H36N4. The molecule has 3 aromatic heterocycles. The van der Waals surface area contributed by atoms with Crippen molar-refractivity contribution in [3.05, 3.63) is 218 Å². The SMILES string of the molecule is c1ccc2c(c1)CC(c1cc(-c3c4ccccc4cc4ccccc34)cc(-c3cc(-n4c5ccccc5c5ccccc54)cc(-n4c5ccccc5c5ccccc54)c3)n1)=N2. The Hall–Kier alpha value is -8.08. The van der Waals surface area contributed by atoms with Gasteiger partial charge < -0.3 is 9.13 Å². The fraction of sp³-hybridized carbons (Fsp3) is 0.0175. The Morgan fingerprint density at radius 3 is 1.33 bits per heavy atom. The Labute approximate surface area is 351 Å². The minimum absolute atomic E-state index is 0.732. The molecule has 0 unspecified atom stereocenters. The molecule has 0 saturated carbocycles. The Kier molecular flexibility index (Phi) is 7.33. The number of fused-ring (bicyclic) bond motifs is 9. The van der Waals surface area contributed by atoms with Crippen molar-refractivity contribution in [1.29, 1.82) is 0 Å². The van der Waals surface area contributed by atoms with Gasteiger partial charge in [0.1, 0.15) is 0 Å². The van der Waals surface area contributed by atoms with Gasteiger partial charge in [-0.05, 0) is 105 Å². The lowest BCUT2D eigenvalue weighted by molar-refractivity contribution is 1.13. The van der Waals surface area contributed by atoms with Crippen LogP contribution in [0.15, 0.2) is 211 Å². The number of hydrogen-bond donors (Lipinski definition) is 0. The average molecular weight is 777 g/mol. The van der Waals surface area contributed by atoms with Gasteiger partial charge in [0.25, 0.3) is 0 Å². The minimum atomic E-state index is 0.732. The van der Waals surface area contributed by atoms with Gasteiger partial charge in [-0.1, -0.05) is 140 Å². The van der Waals surface area contributed by atoms with E-state index in [9.17, 15) is 0 Å². The van der Waals surface area contributed by atoms with Crippen molar-refractivity contribution < 1.29 is 0 Å². The first-order chi connectivity index (χ1) is 30.2. The molecule has 4 heterocycles. The highest BCUT2D eigenvalue weighted by Gasteiger charge is 2.22. The van der Waals surface area contributed by atoms with Crippen molar-refractivity contribution in [3.8, 4) is 33.8 Å². The van der Waals surface area contributed by atoms with Crippen LogP contribution in [-0.4, -0.2) is 19.8 Å². The van der Waals surface area contributed by atoms with Crippen LogP contribution in [0.3, 0.4) is 0 Å². The van der Waals surface area contributed by atoms with Crippen LogP contribution in [0.1, 0.15) is 11.3 Å². The van der Waals surface area contributed by atoms with Gasteiger partial charge in [0.15, 0.2) is 0 Å². The molecule has 0 aliphatic carbocycles. The third kappa shape index (κ3) is 5.25. The lowest BCUT2D eigenvalue weighted by Gasteiger charge is -2.17. The zero-order valence-corrected chi connectivity index (χ0v) is 33.1. The summed E-state index contributed by atoms with van der Waals surface area (Å²) in [5, 5.41) is 9.76. The molecule has 0 amide bonds. The summed E-state index contributed by atoms with van der Waals surface area (Å²) in [5.74, 6) is 0. The smallest absolute Gasteiger partial charge is 0.0861 e. The van der Waals surface area contributed by atoms with E-state index >= 15 is 0 Å². The van der Waals surface area contributed by atoms with Gasteiger partial charge in [0, 0.05) is 44.9 Å². The summed E-state index contributed by atoms with van der Waals surface area (Å²) >= 11 is 0. The molecule has 9 aromatic carbocycles. The van der Waals surface area contributed by atoms with E-state index in [1.165, 1.54) is 54.2 Å². The van der Waals surface area contributed by atoms with Gasteiger partial charge in [-0.15, -0.1) is 0 Å². The number of pyridine rings is 1. The van der Waals surface area contributed by atoms with Gasteiger partial charge in [-0.2, -0.15) is 0 Å². The maximum Gasteiger partial charge on any atom is 0.0861 e.